The van der Waals surface area contributed by atoms with Crippen molar-refractivity contribution in [1.82, 2.24) is 0 Å². The first-order valence-electron chi connectivity index (χ1n) is 7.05. The van der Waals surface area contributed by atoms with Crippen LogP contribution in [-0.2, 0) is 14.8 Å². The molecule has 0 unspecified atom stereocenters. The van der Waals surface area contributed by atoms with Crippen molar-refractivity contribution >= 4 is 27.3 Å². The predicted octanol–water partition coefficient (Wildman–Crippen LogP) is 1.65. The van der Waals surface area contributed by atoms with Crippen molar-refractivity contribution in [3.8, 4) is 0 Å². The van der Waals surface area contributed by atoms with Crippen molar-refractivity contribution in [2.24, 2.45) is 11.1 Å². The van der Waals surface area contributed by atoms with Crippen molar-refractivity contribution in [1.29, 1.82) is 0 Å². The van der Waals surface area contributed by atoms with Crippen LogP contribution in [0.15, 0.2) is 18.2 Å². The Kier molecular flexibility index (Phi) is 4.72. The number of nitrogens with one attached hydrogen (secondary N) is 2. The number of carbonyl (C=O) groups excluding carboxylic acids is 1. The standard InChI is InChI=1S/C14H20FN3O3S/c1-22(20,21)18-12-8-10(4-5-11(12)15)17-13(19)14(9-16)6-2-3-7-14/h4-5,8,18H,2-3,6-7,9,16H2,1H3,(H,17,19). The molecule has 4 N–H and O–H groups in total. The van der Waals surface area contributed by atoms with E-state index in [4.69, 9.17) is 5.73 Å². The van der Waals surface area contributed by atoms with E-state index in [1.54, 1.807) is 0 Å². The number of amides is 1. The van der Waals surface area contributed by atoms with E-state index in [-0.39, 0.29) is 18.1 Å². The molecule has 0 atom stereocenters. The highest BCUT2D eigenvalue weighted by Gasteiger charge is 2.39. The second kappa shape index (κ2) is 6.21. The van der Waals surface area contributed by atoms with Crippen LogP contribution < -0.4 is 15.8 Å². The summed E-state index contributed by atoms with van der Waals surface area (Å²) in [5.74, 6) is -0.915. The summed E-state index contributed by atoms with van der Waals surface area (Å²) in [6.45, 7) is 0.258. The maximum atomic E-state index is 13.6. The fourth-order valence-electron chi connectivity index (χ4n) is 2.72. The minimum atomic E-state index is -3.60. The van der Waals surface area contributed by atoms with E-state index in [2.05, 4.69) is 10.0 Å². The highest BCUT2D eigenvalue weighted by molar-refractivity contribution is 7.92. The summed E-state index contributed by atoms with van der Waals surface area (Å²) in [5.41, 5.74) is 5.29. The molecule has 2 rings (SSSR count). The number of sulfonamides is 1. The molecule has 1 aliphatic rings. The molecule has 0 saturated heterocycles. The molecule has 122 valence electrons. The Balaban J connectivity index is 2.19. The zero-order valence-corrected chi connectivity index (χ0v) is 13.2. The van der Waals surface area contributed by atoms with Gasteiger partial charge in [0.15, 0.2) is 0 Å². The molecule has 1 aromatic carbocycles. The van der Waals surface area contributed by atoms with E-state index >= 15 is 0 Å². The molecule has 1 aromatic rings. The molecule has 6 nitrogen and oxygen atoms in total. The van der Waals surface area contributed by atoms with Gasteiger partial charge in [0.2, 0.25) is 15.9 Å². The SMILES string of the molecule is CS(=O)(=O)Nc1cc(NC(=O)C2(CN)CCCC2)ccc1F. The van der Waals surface area contributed by atoms with Gasteiger partial charge >= 0.3 is 0 Å². The van der Waals surface area contributed by atoms with Crippen LogP contribution in [0.1, 0.15) is 25.7 Å². The quantitative estimate of drug-likeness (QED) is 0.764. The molecule has 0 heterocycles. The Morgan fingerprint density at radius 1 is 1.36 bits per heavy atom. The van der Waals surface area contributed by atoms with Gasteiger partial charge in [-0.3, -0.25) is 9.52 Å². The highest BCUT2D eigenvalue weighted by Crippen LogP contribution is 2.38. The largest absolute Gasteiger partial charge is 0.329 e. The molecule has 1 fully saturated rings. The van der Waals surface area contributed by atoms with E-state index in [1.165, 1.54) is 12.1 Å². The third-order valence-electron chi connectivity index (χ3n) is 3.95. The summed E-state index contributed by atoms with van der Waals surface area (Å²) >= 11 is 0. The number of benzene rings is 1. The van der Waals surface area contributed by atoms with Gasteiger partial charge in [-0.1, -0.05) is 12.8 Å². The van der Waals surface area contributed by atoms with Gasteiger partial charge in [0.1, 0.15) is 5.82 Å². The second-order valence-corrected chi connectivity index (χ2v) is 7.46. The van der Waals surface area contributed by atoms with Crippen molar-refractivity contribution < 1.29 is 17.6 Å². The van der Waals surface area contributed by atoms with Crippen LogP contribution in [0.2, 0.25) is 0 Å². The monoisotopic (exact) mass is 329 g/mol. The van der Waals surface area contributed by atoms with Gasteiger partial charge in [0.05, 0.1) is 17.4 Å². The van der Waals surface area contributed by atoms with Crippen LogP contribution >= 0.6 is 0 Å². The van der Waals surface area contributed by atoms with E-state index in [0.717, 1.165) is 38.0 Å². The van der Waals surface area contributed by atoms with Crippen LogP contribution in [0.3, 0.4) is 0 Å². The fraction of sp³-hybridized carbons (Fsp3) is 0.500. The molecule has 22 heavy (non-hydrogen) atoms. The number of rotatable bonds is 5. The van der Waals surface area contributed by atoms with Crippen molar-refractivity contribution in [3.05, 3.63) is 24.0 Å². The van der Waals surface area contributed by atoms with Gasteiger partial charge in [0.25, 0.3) is 0 Å². The summed E-state index contributed by atoms with van der Waals surface area (Å²) in [5, 5.41) is 2.71. The van der Waals surface area contributed by atoms with Crippen LogP contribution in [-0.4, -0.2) is 27.1 Å². The van der Waals surface area contributed by atoms with E-state index in [9.17, 15) is 17.6 Å². The molecule has 1 saturated carbocycles. The maximum Gasteiger partial charge on any atom is 0.231 e. The highest BCUT2D eigenvalue weighted by atomic mass is 32.2. The summed E-state index contributed by atoms with van der Waals surface area (Å²) in [4.78, 5) is 12.4. The Hall–Kier alpha value is -1.67. The third kappa shape index (κ3) is 3.75. The smallest absolute Gasteiger partial charge is 0.231 e. The minimum Gasteiger partial charge on any atom is -0.329 e. The molecule has 0 aromatic heterocycles. The third-order valence-corrected chi connectivity index (χ3v) is 4.54. The molecule has 0 bridgehead atoms. The first kappa shape index (κ1) is 16.7. The predicted molar refractivity (Wildman–Crippen MR) is 83.5 cm³/mol. The average molecular weight is 329 g/mol. The second-order valence-electron chi connectivity index (χ2n) is 5.71. The van der Waals surface area contributed by atoms with E-state index in [1.807, 2.05) is 0 Å². The lowest BCUT2D eigenvalue weighted by Crippen LogP contribution is -2.40. The van der Waals surface area contributed by atoms with Crippen LogP contribution in [0.25, 0.3) is 0 Å². The van der Waals surface area contributed by atoms with Crippen molar-refractivity contribution in [2.45, 2.75) is 25.7 Å². The number of nitrogens with two attached hydrogens (primary N) is 1. The topological polar surface area (TPSA) is 101 Å². The summed E-state index contributed by atoms with van der Waals surface area (Å²) in [6.07, 6.45) is 4.29. The van der Waals surface area contributed by atoms with Gasteiger partial charge in [-0.05, 0) is 31.0 Å². The molecule has 8 heteroatoms. The fourth-order valence-corrected chi connectivity index (χ4v) is 3.28. The van der Waals surface area contributed by atoms with E-state index in [0.29, 0.717) is 5.69 Å². The molecule has 0 spiro atoms. The average Bonchev–Trinajstić information content (AvgIpc) is 2.91. The Bertz CT molecular complexity index is 670. The maximum absolute atomic E-state index is 13.6. The zero-order chi connectivity index (χ0) is 16.4. The molecule has 1 aliphatic carbocycles. The number of hydrogen-bond donors (Lipinski definition) is 3. The lowest BCUT2D eigenvalue weighted by molar-refractivity contribution is -0.124. The summed E-state index contributed by atoms with van der Waals surface area (Å²) in [6, 6.07) is 3.75. The minimum absolute atomic E-state index is 0.200. The number of anilines is 2. The molecule has 0 aliphatic heterocycles. The lowest BCUT2D eigenvalue weighted by Gasteiger charge is -2.25. The number of carbonyl (C=O) groups is 1. The summed E-state index contributed by atoms with van der Waals surface area (Å²) in [7, 11) is -3.60. The van der Waals surface area contributed by atoms with Gasteiger partial charge in [0, 0.05) is 12.2 Å². The van der Waals surface area contributed by atoms with Crippen molar-refractivity contribution in [3.63, 3.8) is 0 Å². The molecular formula is C14H20FN3O3S. The Morgan fingerprint density at radius 3 is 2.55 bits per heavy atom. The van der Waals surface area contributed by atoms with Crippen LogP contribution in [0, 0.1) is 11.2 Å². The van der Waals surface area contributed by atoms with Crippen LogP contribution in [0.4, 0.5) is 15.8 Å². The number of hydrogen-bond acceptors (Lipinski definition) is 4. The van der Waals surface area contributed by atoms with Gasteiger partial charge in [-0.25, -0.2) is 12.8 Å². The lowest BCUT2D eigenvalue weighted by atomic mass is 9.85. The zero-order valence-electron chi connectivity index (χ0n) is 12.4. The molecular weight excluding hydrogens is 309 g/mol. The normalized spacial score (nSPS) is 17.2. The van der Waals surface area contributed by atoms with E-state index < -0.39 is 21.3 Å². The van der Waals surface area contributed by atoms with Gasteiger partial charge < -0.3 is 11.1 Å². The number of halogens is 1. The van der Waals surface area contributed by atoms with Gasteiger partial charge in [-0.2, -0.15) is 0 Å². The Morgan fingerprint density at radius 2 is 2.00 bits per heavy atom. The Labute approximate surface area is 129 Å². The van der Waals surface area contributed by atoms with Crippen LogP contribution in [0.5, 0.6) is 0 Å². The van der Waals surface area contributed by atoms with Gasteiger partial charge in [-0.15, -0.1) is 0 Å². The molecule has 1 amide bonds. The van der Waals surface area contributed by atoms with Crippen molar-refractivity contribution in [2.75, 3.05) is 22.8 Å². The first-order chi connectivity index (χ1) is 10.3. The summed E-state index contributed by atoms with van der Waals surface area (Å²) < 4.78 is 38.1. The first-order valence-corrected chi connectivity index (χ1v) is 8.94. The molecule has 0 radical (unpaired) electrons.